The molecule has 106 valence electrons. The largest absolute Gasteiger partial charge is 0.386 e. The molecule has 0 spiro atoms. The Morgan fingerprint density at radius 1 is 1.10 bits per heavy atom. The predicted octanol–water partition coefficient (Wildman–Crippen LogP) is 4.41. The van der Waals surface area contributed by atoms with Gasteiger partial charge in [0.05, 0.1) is 21.8 Å². The van der Waals surface area contributed by atoms with E-state index >= 15 is 0 Å². The van der Waals surface area contributed by atoms with Crippen molar-refractivity contribution >= 4 is 26.8 Å². The topological polar surface area (TPSA) is 33.1 Å². The Morgan fingerprint density at radius 2 is 1.90 bits per heavy atom. The third kappa shape index (κ3) is 3.12. The van der Waals surface area contributed by atoms with Crippen LogP contribution in [-0.4, -0.2) is 10.1 Å². The zero-order chi connectivity index (χ0) is 14.8. The molecule has 0 aliphatic carbocycles. The average molecular weight is 346 g/mol. The third-order valence-corrected chi connectivity index (χ3v) is 3.98. The van der Waals surface area contributed by atoms with Crippen molar-refractivity contribution in [2.75, 3.05) is 0 Å². The van der Waals surface area contributed by atoms with Gasteiger partial charge in [-0.25, -0.2) is 4.39 Å². The summed E-state index contributed by atoms with van der Waals surface area (Å²) in [4.78, 5) is 4.48. The van der Waals surface area contributed by atoms with Crippen LogP contribution in [0.4, 0.5) is 4.39 Å². The van der Waals surface area contributed by atoms with Crippen LogP contribution in [0.15, 0.2) is 59.1 Å². The van der Waals surface area contributed by atoms with Gasteiger partial charge >= 0.3 is 0 Å². The maximum absolute atomic E-state index is 13.2. The van der Waals surface area contributed by atoms with Gasteiger partial charge in [-0.1, -0.05) is 30.3 Å². The van der Waals surface area contributed by atoms with E-state index in [1.54, 1.807) is 12.1 Å². The monoisotopic (exact) mass is 345 g/mol. The second kappa shape index (κ2) is 5.92. The molecule has 1 unspecified atom stereocenters. The molecule has 3 aromatic rings. The number of aromatic nitrogens is 1. The molecule has 3 rings (SSSR count). The normalized spacial score (nSPS) is 12.5. The number of rotatable bonds is 3. The Kier molecular flexibility index (Phi) is 3.99. The molecule has 0 aliphatic heterocycles. The van der Waals surface area contributed by atoms with Crippen LogP contribution >= 0.6 is 15.9 Å². The minimum absolute atomic E-state index is 0.308. The molecule has 0 saturated heterocycles. The molecule has 0 radical (unpaired) electrons. The summed E-state index contributed by atoms with van der Waals surface area (Å²) in [7, 11) is 0. The van der Waals surface area contributed by atoms with E-state index < -0.39 is 6.10 Å². The van der Waals surface area contributed by atoms with Crippen LogP contribution in [0, 0.1) is 5.82 Å². The van der Waals surface area contributed by atoms with Crippen molar-refractivity contribution in [1.29, 1.82) is 0 Å². The highest BCUT2D eigenvalue weighted by atomic mass is 79.9. The molecule has 4 heteroatoms. The van der Waals surface area contributed by atoms with Gasteiger partial charge < -0.3 is 5.11 Å². The number of pyridine rings is 1. The van der Waals surface area contributed by atoms with E-state index in [1.165, 1.54) is 6.07 Å². The number of aliphatic hydroxyl groups excluding tert-OH is 1. The zero-order valence-electron chi connectivity index (χ0n) is 11.1. The fourth-order valence-corrected chi connectivity index (χ4v) is 2.69. The lowest BCUT2D eigenvalue weighted by atomic mass is 10.0. The minimum atomic E-state index is -0.716. The lowest BCUT2D eigenvalue weighted by Crippen LogP contribution is -2.04. The SMILES string of the molecule is OC(Cc1ccc(F)c(Br)c1)c1ccc2ccccc2n1. The maximum atomic E-state index is 13.2. The van der Waals surface area contributed by atoms with Gasteiger partial charge in [0.2, 0.25) is 0 Å². The van der Waals surface area contributed by atoms with Gasteiger partial charge in [-0.2, -0.15) is 0 Å². The first-order chi connectivity index (χ1) is 10.1. The Morgan fingerprint density at radius 3 is 2.71 bits per heavy atom. The van der Waals surface area contributed by atoms with Crippen LogP contribution in [0.2, 0.25) is 0 Å². The zero-order valence-corrected chi connectivity index (χ0v) is 12.7. The van der Waals surface area contributed by atoms with Crippen LogP contribution in [0.3, 0.4) is 0 Å². The van der Waals surface area contributed by atoms with E-state index in [2.05, 4.69) is 20.9 Å². The molecular formula is C17H13BrFNO. The van der Waals surface area contributed by atoms with Gasteiger partial charge in [-0.05, 0) is 45.8 Å². The first-order valence-corrected chi connectivity index (χ1v) is 7.40. The van der Waals surface area contributed by atoms with Gasteiger partial charge in [0, 0.05) is 11.8 Å². The van der Waals surface area contributed by atoms with Crippen LogP contribution in [0.1, 0.15) is 17.4 Å². The molecule has 0 bridgehead atoms. The first kappa shape index (κ1) is 14.2. The fourth-order valence-electron chi connectivity index (χ4n) is 2.26. The van der Waals surface area contributed by atoms with Gasteiger partial charge in [-0.15, -0.1) is 0 Å². The molecule has 1 heterocycles. The molecule has 1 aromatic heterocycles. The summed E-state index contributed by atoms with van der Waals surface area (Å²) in [5.41, 5.74) is 2.33. The molecule has 21 heavy (non-hydrogen) atoms. The second-order valence-electron chi connectivity index (χ2n) is 4.90. The summed E-state index contributed by atoms with van der Waals surface area (Å²) in [6.45, 7) is 0. The number of nitrogens with zero attached hydrogens (tertiary/aromatic N) is 1. The summed E-state index contributed by atoms with van der Waals surface area (Å²) < 4.78 is 13.6. The van der Waals surface area contributed by atoms with Crippen LogP contribution in [0.5, 0.6) is 0 Å². The van der Waals surface area contributed by atoms with E-state index in [-0.39, 0.29) is 5.82 Å². The molecular weight excluding hydrogens is 333 g/mol. The third-order valence-electron chi connectivity index (χ3n) is 3.37. The van der Waals surface area contributed by atoms with Gasteiger partial charge in [0.1, 0.15) is 5.82 Å². The van der Waals surface area contributed by atoms with Crippen LogP contribution in [-0.2, 0) is 6.42 Å². The number of benzene rings is 2. The molecule has 0 saturated carbocycles. The number of hydrogen-bond acceptors (Lipinski definition) is 2. The second-order valence-corrected chi connectivity index (χ2v) is 5.75. The predicted molar refractivity (Wildman–Crippen MR) is 84.5 cm³/mol. The highest BCUT2D eigenvalue weighted by Gasteiger charge is 2.12. The molecule has 1 N–H and O–H groups in total. The minimum Gasteiger partial charge on any atom is -0.386 e. The van der Waals surface area contributed by atoms with Crippen molar-refractivity contribution < 1.29 is 9.50 Å². The average Bonchev–Trinajstić information content (AvgIpc) is 2.50. The van der Waals surface area contributed by atoms with Crippen molar-refractivity contribution in [3.05, 3.63) is 76.1 Å². The van der Waals surface area contributed by atoms with Crippen molar-refractivity contribution in [3.63, 3.8) is 0 Å². The smallest absolute Gasteiger partial charge is 0.137 e. The number of aliphatic hydroxyl groups is 1. The quantitative estimate of drug-likeness (QED) is 0.762. The van der Waals surface area contributed by atoms with Crippen molar-refractivity contribution in [1.82, 2.24) is 4.98 Å². The lowest BCUT2D eigenvalue weighted by molar-refractivity contribution is 0.174. The standard InChI is InChI=1S/C17H13BrFNO/c18-13-9-11(5-7-14(13)19)10-17(21)16-8-6-12-3-1-2-4-15(12)20-16/h1-9,17,21H,10H2. The Bertz CT molecular complexity index is 791. The van der Waals surface area contributed by atoms with Crippen molar-refractivity contribution in [3.8, 4) is 0 Å². The number of fused-ring (bicyclic) bond motifs is 1. The van der Waals surface area contributed by atoms with E-state index in [9.17, 15) is 9.50 Å². The Hall–Kier alpha value is -1.78. The number of halogens is 2. The summed E-state index contributed by atoms with van der Waals surface area (Å²) in [5.74, 6) is -0.308. The number of hydrogen-bond donors (Lipinski definition) is 1. The van der Waals surface area contributed by atoms with Crippen LogP contribution in [0.25, 0.3) is 10.9 Å². The summed E-state index contributed by atoms with van der Waals surface area (Å²) in [6.07, 6.45) is -0.323. The van der Waals surface area contributed by atoms with Gasteiger partial charge in [-0.3, -0.25) is 4.98 Å². The lowest BCUT2D eigenvalue weighted by Gasteiger charge is -2.11. The van der Waals surface area contributed by atoms with Gasteiger partial charge in [0.15, 0.2) is 0 Å². The maximum Gasteiger partial charge on any atom is 0.137 e. The molecule has 0 aliphatic rings. The van der Waals surface area contributed by atoms with Crippen LogP contribution < -0.4 is 0 Å². The summed E-state index contributed by atoms with van der Waals surface area (Å²) in [5, 5.41) is 11.4. The summed E-state index contributed by atoms with van der Waals surface area (Å²) >= 11 is 3.15. The molecule has 2 aromatic carbocycles. The van der Waals surface area contributed by atoms with Crippen molar-refractivity contribution in [2.45, 2.75) is 12.5 Å². The van der Waals surface area contributed by atoms with Crippen molar-refractivity contribution in [2.24, 2.45) is 0 Å². The highest BCUT2D eigenvalue weighted by Crippen LogP contribution is 2.23. The number of para-hydroxylation sites is 1. The molecule has 0 fully saturated rings. The molecule has 2 nitrogen and oxygen atoms in total. The Balaban J connectivity index is 1.85. The van der Waals surface area contributed by atoms with E-state index in [1.807, 2.05) is 36.4 Å². The van der Waals surface area contributed by atoms with Gasteiger partial charge in [0.25, 0.3) is 0 Å². The van der Waals surface area contributed by atoms with E-state index in [0.717, 1.165) is 16.5 Å². The Labute approximate surface area is 130 Å². The fraction of sp³-hybridized carbons (Fsp3) is 0.118. The highest BCUT2D eigenvalue weighted by molar-refractivity contribution is 9.10. The van der Waals surface area contributed by atoms with E-state index in [4.69, 9.17) is 0 Å². The molecule has 1 atom stereocenters. The molecule has 0 amide bonds. The van der Waals surface area contributed by atoms with E-state index in [0.29, 0.717) is 16.6 Å². The first-order valence-electron chi connectivity index (χ1n) is 6.61. The summed E-state index contributed by atoms with van der Waals surface area (Å²) in [6, 6.07) is 16.3.